The van der Waals surface area contributed by atoms with Crippen molar-refractivity contribution in [3.05, 3.63) is 46.9 Å². The van der Waals surface area contributed by atoms with Crippen molar-refractivity contribution in [2.24, 2.45) is 0 Å². The van der Waals surface area contributed by atoms with Gasteiger partial charge in [-0.1, -0.05) is 6.92 Å². The molecule has 0 spiro atoms. The van der Waals surface area contributed by atoms with Crippen LogP contribution < -0.4 is 9.80 Å². The number of rotatable bonds is 5. The summed E-state index contributed by atoms with van der Waals surface area (Å²) in [5, 5.41) is 9.45. The number of benzene rings is 1. The number of methoxy groups -OCH3 is 1. The van der Waals surface area contributed by atoms with E-state index in [2.05, 4.69) is 0 Å². The van der Waals surface area contributed by atoms with E-state index in [1.807, 2.05) is 0 Å². The maximum Gasteiger partial charge on any atom is 0.339 e. The number of aliphatic carboxylic acids is 1. The van der Waals surface area contributed by atoms with Crippen LogP contribution in [0.5, 0.6) is 0 Å². The number of hydrogen-bond acceptors (Lipinski definition) is 6. The topological polar surface area (TPSA) is 79.3 Å². The van der Waals surface area contributed by atoms with Gasteiger partial charge in [0.15, 0.2) is 17.4 Å². The lowest BCUT2D eigenvalue weighted by Crippen LogP contribution is -2.37. The lowest BCUT2D eigenvalue weighted by atomic mass is 10.0. The van der Waals surface area contributed by atoms with Crippen molar-refractivity contribution in [1.29, 1.82) is 0 Å². The smallest absolute Gasteiger partial charge is 0.339 e. The largest absolute Gasteiger partial charge is 0.491 e. The van der Waals surface area contributed by atoms with Crippen LogP contribution in [-0.2, 0) is 19.1 Å². The molecule has 2 aliphatic rings. The first kappa shape index (κ1) is 20.8. The quantitative estimate of drug-likeness (QED) is 0.750. The Bertz CT molecular complexity index is 891. The molecule has 1 N–H and O–H groups in total. The molecular weight excluding hydrogens is 386 g/mol. The first-order valence-corrected chi connectivity index (χ1v) is 9.22. The second-order valence-electron chi connectivity index (χ2n) is 6.62. The van der Waals surface area contributed by atoms with Gasteiger partial charge in [0, 0.05) is 19.6 Å². The van der Waals surface area contributed by atoms with Crippen LogP contribution >= 0.6 is 0 Å². The monoisotopic (exact) mass is 408 g/mol. The number of anilines is 2. The minimum absolute atomic E-state index is 0.0794. The first-order valence-electron chi connectivity index (χ1n) is 9.22. The molecule has 0 aromatic heterocycles. The summed E-state index contributed by atoms with van der Waals surface area (Å²) in [6.07, 6.45) is 1.46. The number of carboxylic acids is 1. The molecule has 156 valence electrons. The van der Waals surface area contributed by atoms with Crippen LogP contribution in [0.4, 0.5) is 20.2 Å². The van der Waals surface area contributed by atoms with E-state index in [1.165, 1.54) is 30.3 Å². The Morgan fingerprint density at radius 2 is 1.83 bits per heavy atom. The van der Waals surface area contributed by atoms with Gasteiger partial charge in [0.05, 0.1) is 37.9 Å². The Morgan fingerprint density at radius 1 is 1.21 bits per heavy atom. The van der Waals surface area contributed by atoms with E-state index in [4.69, 9.17) is 9.47 Å². The maximum atomic E-state index is 15.0. The predicted octanol–water partition coefficient (Wildman–Crippen LogP) is 2.47. The van der Waals surface area contributed by atoms with E-state index in [9.17, 15) is 23.5 Å². The summed E-state index contributed by atoms with van der Waals surface area (Å²) in [6.45, 7) is 3.38. The number of halogens is 2. The number of morpholine rings is 1. The third kappa shape index (κ3) is 3.95. The molecule has 2 aliphatic heterocycles. The third-order valence-corrected chi connectivity index (χ3v) is 5.00. The van der Waals surface area contributed by atoms with Gasteiger partial charge in [-0.05, 0) is 24.1 Å². The van der Waals surface area contributed by atoms with Crippen LogP contribution in [0.25, 0.3) is 0 Å². The first-order chi connectivity index (χ1) is 13.9. The van der Waals surface area contributed by atoms with Crippen molar-refractivity contribution in [3.8, 4) is 0 Å². The highest BCUT2D eigenvalue weighted by atomic mass is 19.2. The minimum Gasteiger partial charge on any atom is -0.491 e. The van der Waals surface area contributed by atoms with Crippen molar-refractivity contribution in [2.45, 2.75) is 13.3 Å². The molecule has 1 saturated heterocycles. The van der Waals surface area contributed by atoms with Crippen LogP contribution in [0.3, 0.4) is 0 Å². The Morgan fingerprint density at radius 3 is 2.41 bits per heavy atom. The molecule has 0 unspecified atom stereocenters. The maximum absolute atomic E-state index is 15.0. The molecule has 29 heavy (non-hydrogen) atoms. The Kier molecular flexibility index (Phi) is 6.17. The summed E-state index contributed by atoms with van der Waals surface area (Å²) >= 11 is 0. The lowest BCUT2D eigenvalue weighted by molar-refractivity contribution is -0.134. The van der Waals surface area contributed by atoms with Crippen LogP contribution in [0.15, 0.2) is 35.2 Å². The van der Waals surface area contributed by atoms with E-state index in [-0.39, 0.29) is 30.1 Å². The highest BCUT2D eigenvalue weighted by Crippen LogP contribution is 2.32. The van der Waals surface area contributed by atoms with Gasteiger partial charge < -0.3 is 24.4 Å². The molecule has 0 radical (unpaired) electrons. The van der Waals surface area contributed by atoms with Crippen molar-refractivity contribution < 1.29 is 33.0 Å². The van der Waals surface area contributed by atoms with Crippen LogP contribution in [0.2, 0.25) is 0 Å². The lowest BCUT2D eigenvalue weighted by Gasteiger charge is -2.30. The van der Waals surface area contributed by atoms with Gasteiger partial charge in [-0.3, -0.25) is 4.79 Å². The summed E-state index contributed by atoms with van der Waals surface area (Å²) in [5.74, 6) is -4.53. The number of nitrogens with zero attached hydrogens (tertiary/aromatic N) is 2. The van der Waals surface area contributed by atoms with E-state index in [0.717, 1.165) is 0 Å². The average molecular weight is 408 g/mol. The number of allylic oxidation sites excluding steroid dienone is 1. The molecule has 9 heteroatoms. The van der Waals surface area contributed by atoms with Crippen molar-refractivity contribution >= 4 is 23.1 Å². The van der Waals surface area contributed by atoms with Gasteiger partial charge in [-0.15, -0.1) is 0 Å². The van der Waals surface area contributed by atoms with Crippen molar-refractivity contribution in [1.82, 2.24) is 0 Å². The van der Waals surface area contributed by atoms with E-state index < -0.39 is 29.0 Å². The molecular formula is C20H22F2N2O5. The summed E-state index contributed by atoms with van der Waals surface area (Å²) in [4.78, 5) is 27.1. The number of hydrogen-bond donors (Lipinski definition) is 1. The molecule has 2 heterocycles. The summed E-state index contributed by atoms with van der Waals surface area (Å²) in [5.41, 5.74) is -0.0925. The Balaban J connectivity index is 2.05. The van der Waals surface area contributed by atoms with Gasteiger partial charge in [0.25, 0.3) is 0 Å². The predicted molar refractivity (Wildman–Crippen MR) is 102 cm³/mol. The molecule has 0 bridgehead atoms. The minimum atomic E-state index is -1.38. The average Bonchev–Trinajstić information content (AvgIpc) is 2.86. The number of Topliss-reactive ketones (excluding diaryl/α,β-unsaturated/α-hetero) is 1. The van der Waals surface area contributed by atoms with Gasteiger partial charge in [-0.25, -0.2) is 13.6 Å². The fourth-order valence-electron chi connectivity index (χ4n) is 3.45. The van der Waals surface area contributed by atoms with E-state index in [0.29, 0.717) is 31.9 Å². The fraction of sp³-hybridized carbons (Fsp3) is 0.400. The molecule has 1 aromatic rings. The number of carbonyl (C=O) groups excluding carboxylic acids is 1. The molecule has 0 saturated carbocycles. The van der Waals surface area contributed by atoms with Crippen LogP contribution in [-0.4, -0.2) is 56.8 Å². The SMILES string of the molecule is CCC1=C(C(=O)O)C(=O)C(OC)=CN(c2ccc(N3CCOCC3)c(F)c2F)C1. The molecule has 0 aliphatic carbocycles. The summed E-state index contributed by atoms with van der Waals surface area (Å²) in [7, 11) is 1.22. The third-order valence-electron chi connectivity index (χ3n) is 5.00. The van der Waals surface area contributed by atoms with Crippen molar-refractivity contribution in [2.75, 3.05) is 49.8 Å². The van der Waals surface area contributed by atoms with Gasteiger partial charge in [0.1, 0.15) is 5.57 Å². The number of ether oxygens (including phenoxy) is 2. The number of carboxylic acid groups (broad SMARTS) is 1. The van der Waals surface area contributed by atoms with Gasteiger partial charge in [-0.2, -0.15) is 0 Å². The highest BCUT2D eigenvalue weighted by Gasteiger charge is 2.31. The van der Waals surface area contributed by atoms with Crippen LogP contribution in [0.1, 0.15) is 13.3 Å². The normalized spacial score (nSPS) is 17.9. The molecule has 0 atom stereocenters. The second-order valence-corrected chi connectivity index (χ2v) is 6.62. The highest BCUT2D eigenvalue weighted by molar-refractivity contribution is 6.23. The zero-order valence-electron chi connectivity index (χ0n) is 16.2. The molecule has 0 amide bonds. The van der Waals surface area contributed by atoms with Crippen LogP contribution in [0, 0.1) is 11.6 Å². The number of ketones is 1. The zero-order chi connectivity index (χ0) is 21.1. The molecule has 1 aromatic carbocycles. The van der Waals surface area contributed by atoms with E-state index >= 15 is 0 Å². The standard InChI is InChI=1S/C20H22F2N2O5/c1-3-12-10-24(11-15(28-2)19(25)16(12)20(26)27)14-5-4-13(17(21)18(14)22)23-6-8-29-9-7-23/h4-5,11H,3,6-10H2,1-2H3,(H,26,27). The molecule has 1 fully saturated rings. The molecule has 7 nitrogen and oxygen atoms in total. The summed E-state index contributed by atoms with van der Waals surface area (Å²) in [6, 6.07) is 2.88. The Labute approximate surface area is 166 Å². The zero-order valence-corrected chi connectivity index (χ0v) is 16.2. The molecule has 3 rings (SSSR count). The Hall–Kier alpha value is -2.94. The van der Waals surface area contributed by atoms with Gasteiger partial charge in [0.2, 0.25) is 5.78 Å². The van der Waals surface area contributed by atoms with Gasteiger partial charge >= 0.3 is 5.97 Å². The summed E-state index contributed by atoms with van der Waals surface area (Å²) < 4.78 is 40.1. The fourth-order valence-corrected chi connectivity index (χ4v) is 3.45. The number of carbonyl (C=O) groups is 2. The van der Waals surface area contributed by atoms with Crippen molar-refractivity contribution in [3.63, 3.8) is 0 Å². The van der Waals surface area contributed by atoms with E-state index in [1.54, 1.807) is 11.8 Å². The second kappa shape index (κ2) is 8.60.